The van der Waals surface area contributed by atoms with Gasteiger partial charge in [-0.05, 0) is 31.0 Å². The van der Waals surface area contributed by atoms with Crippen LogP contribution in [0.25, 0.3) is 10.9 Å². The predicted octanol–water partition coefficient (Wildman–Crippen LogP) is 2.83. The molecule has 0 radical (unpaired) electrons. The van der Waals surface area contributed by atoms with Crippen molar-refractivity contribution in [3.63, 3.8) is 0 Å². The third kappa shape index (κ3) is 2.78. The first-order valence-electron chi connectivity index (χ1n) is 6.76. The first kappa shape index (κ1) is 13.4. The van der Waals surface area contributed by atoms with Gasteiger partial charge in [0.25, 0.3) is 0 Å². The molecule has 6 nitrogen and oxygen atoms in total. The zero-order valence-corrected chi connectivity index (χ0v) is 11.8. The first-order chi connectivity index (χ1) is 9.53. The van der Waals surface area contributed by atoms with Gasteiger partial charge in [0.2, 0.25) is 0 Å². The largest absolute Gasteiger partial charge is 0.357 e. The van der Waals surface area contributed by atoms with Crippen molar-refractivity contribution in [2.45, 2.75) is 38.0 Å². The van der Waals surface area contributed by atoms with Crippen molar-refractivity contribution in [1.29, 1.82) is 0 Å². The zero-order chi connectivity index (χ0) is 14.2. The fourth-order valence-corrected chi connectivity index (χ4v) is 3.37. The number of rotatable bonds is 3. The van der Waals surface area contributed by atoms with Crippen LogP contribution in [0.2, 0.25) is 0 Å². The number of hydrogen-bond donors (Lipinski definition) is 3. The highest BCUT2D eigenvalue weighted by molar-refractivity contribution is 7.87. The smallest absolute Gasteiger partial charge is 0.281 e. The lowest BCUT2D eigenvalue weighted by molar-refractivity contribution is 0.438. The van der Waals surface area contributed by atoms with Crippen LogP contribution in [0.1, 0.15) is 43.7 Å². The Kier molecular flexibility index (Phi) is 3.39. The van der Waals surface area contributed by atoms with Crippen LogP contribution >= 0.6 is 0 Å². The Morgan fingerprint density at radius 1 is 1.25 bits per heavy atom. The lowest BCUT2D eigenvalue weighted by Crippen LogP contribution is -2.10. The number of nitrogens with one attached hydrogen (secondary N) is 2. The highest BCUT2D eigenvalue weighted by Crippen LogP contribution is 2.35. The van der Waals surface area contributed by atoms with E-state index in [4.69, 9.17) is 4.55 Å². The highest BCUT2D eigenvalue weighted by Gasteiger charge is 2.20. The molecule has 0 amide bonds. The lowest BCUT2D eigenvalue weighted by atomic mass is 9.86. The summed E-state index contributed by atoms with van der Waals surface area (Å²) in [6, 6.07) is 5.10. The molecule has 0 saturated heterocycles. The molecule has 1 saturated carbocycles. The van der Waals surface area contributed by atoms with E-state index in [0.29, 0.717) is 17.1 Å². The number of benzene rings is 1. The average molecular weight is 295 g/mol. The molecular weight excluding hydrogens is 278 g/mol. The molecule has 1 aliphatic rings. The van der Waals surface area contributed by atoms with Gasteiger partial charge in [0.15, 0.2) is 0 Å². The minimum Gasteiger partial charge on any atom is -0.281 e. The second-order valence-electron chi connectivity index (χ2n) is 5.28. The monoisotopic (exact) mass is 295 g/mol. The minimum absolute atomic E-state index is 0.307. The molecule has 1 aliphatic carbocycles. The van der Waals surface area contributed by atoms with E-state index >= 15 is 0 Å². The Bertz CT molecular complexity index is 718. The molecule has 0 bridgehead atoms. The summed E-state index contributed by atoms with van der Waals surface area (Å²) >= 11 is 0. The number of nitrogens with zero attached hydrogens (tertiary/aromatic N) is 1. The first-order valence-corrected chi connectivity index (χ1v) is 8.20. The second-order valence-corrected chi connectivity index (χ2v) is 6.44. The van der Waals surface area contributed by atoms with E-state index in [1.54, 1.807) is 12.1 Å². The average Bonchev–Trinajstić information content (AvgIpc) is 2.81. The van der Waals surface area contributed by atoms with Crippen LogP contribution in [0.5, 0.6) is 0 Å². The molecule has 1 fully saturated rings. The molecule has 0 spiro atoms. The molecule has 2 aromatic rings. The molecule has 3 N–H and O–H groups in total. The van der Waals surface area contributed by atoms with Gasteiger partial charge < -0.3 is 0 Å². The molecule has 1 aromatic heterocycles. The van der Waals surface area contributed by atoms with Crippen LogP contribution in [-0.2, 0) is 10.3 Å². The standard InChI is InChI=1S/C13H17N3O3S/c17-20(18,19)16-10-6-7-11-12(8-10)14-15-13(11)9-4-2-1-3-5-9/h6-9,16H,1-5H2,(H,14,15)(H,17,18,19). The Hall–Kier alpha value is -1.60. The second kappa shape index (κ2) is 5.06. The van der Waals surface area contributed by atoms with Crippen molar-refractivity contribution in [2.24, 2.45) is 0 Å². The molecule has 7 heteroatoms. The van der Waals surface area contributed by atoms with Crippen LogP contribution in [0.15, 0.2) is 18.2 Å². The lowest BCUT2D eigenvalue weighted by Gasteiger charge is -2.20. The number of H-pyrrole nitrogens is 1. The summed E-state index contributed by atoms with van der Waals surface area (Å²) in [6.07, 6.45) is 6.12. The van der Waals surface area contributed by atoms with Gasteiger partial charge in [-0.3, -0.25) is 14.4 Å². The number of aromatic nitrogens is 2. The Balaban J connectivity index is 1.93. The van der Waals surface area contributed by atoms with E-state index in [1.807, 2.05) is 10.8 Å². The van der Waals surface area contributed by atoms with E-state index in [-0.39, 0.29) is 0 Å². The summed E-state index contributed by atoms with van der Waals surface area (Å²) in [6.45, 7) is 0. The van der Waals surface area contributed by atoms with Gasteiger partial charge in [-0.15, -0.1) is 0 Å². The van der Waals surface area contributed by atoms with Crippen molar-refractivity contribution in [3.05, 3.63) is 23.9 Å². The summed E-state index contributed by atoms with van der Waals surface area (Å²) in [5.74, 6) is 0.508. The van der Waals surface area contributed by atoms with Crippen LogP contribution in [-0.4, -0.2) is 23.2 Å². The molecule has 1 heterocycles. The van der Waals surface area contributed by atoms with Crippen LogP contribution in [0, 0.1) is 0 Å². The maximum atomic E-state index is 10.8. The third-order valence-corrected chi connectivity index (χ3v) is 4.34. The molecular formula is C13H17N3O3S. The van der Waals surface area contributed by atoms with Gasteiger partial charge in [0.05, 0.1) is 11.2 Å². The van der Waals surface area contributed by atoms with Crippen molar-refractivity contribution < 1.29 is 13.0 Å². The van der Waals surface area contributed by atoms with Crippen molar-refractivity contribution in [2.75, 3.05) is 4.72 Å². The molecule has 0 aliphatic heterocycles. The summed E-state index contributed by atoms with van der Waals surface area (Å²) in [4.78, 5) is 0. The zero-order valence-electron chi connectivity index (χ0n) is 11.0. The molecule has 108 valence electrons. The predicted molar refractivity (Wildman–Crippen MR) is 77.1 cm³/mol. The normalized spacial score (nSPS) is 17.4. The maximum absolute atomic E-state index is 10.8. The van der Waals surface area contributed by atoms with Crippen molar-refractivity contribution in [1.82, 2.24) is 10.2 Å². The van der Waals surface area contributed by atoms with E-state index in [2.05, 4.69) is 10.2 Å². The Labute approximate surface area is 117 Å². The van der Waals surface area contributed by atoms with Crippen molar-refractivity contribution in [3.8, 4) is 0 Å². The SMILES string of the molecule is O=S(=O)(O)Nc1ccc2c(C3CCCCC3)[nH]nc2c1. The van der Waals surface area contributed by atoms with Gasteiger partial charge in [-0.25, -0.2) is 0 Å². The summed E-state index contributed by atoms with van der Waals surface area (Å²) in [5.41, 5.74) is 2.15. The van der Waals surface area contributed by atoms with Gasteiger partial charge in [0, 0.05) is 17.0 Å². The van der Waals surface area contributed by atoms with E-state index in [0.717, 1.165) is 11.1 Å². The molecule has 0 atom stereocenters. The van der Waals surface area contributed by atoms with Gasteiger partial charge >= 0.3 is 10.3 Å². The summed E-state index contributed by atoms with van der Waals surface area (Å²) < 4.78 is 32.4. The fourth-order valence-electron chi connectivity index (χ4n) is 2.95. The van der Waals surface area contributed by atoms with Gasteiger partial charge in [-0.1, -0.05) is 19.3 Å². The van der Waals surface area contributed by atoms with Gasteiger partial charge in [-0.2, -0.15) is 13.5 Å². The Morgan fingerprint density at radius 2 is 2.00 bits per heavy atom. The molecule has 3 rings (SSSR count). The molecule has 1 aromatic carbocycles. The summed E-state index contributed by atoms with van der Waals surface area (Å²) in [7, 11) is -4.25. The summed E-state index contributed by atoms with van der Waals surface area (Å²) in [5, 5.41) is 8.35. The topological polar surface area (TPSA) is 95.1 Å². The van der Waals surface area contributed by atoms with E-state index in [9.17, 15) is 8.42 Å². The van der Waals surface area contributed by atoms with Crippen molar-refractivity contribution >= 4 is 26.9 Å². The number of anilines is 1. The molecule has 0 unspecified atom stereocenters. The number of aromatic amines is 1. The molecule has 20 heavy (non-hydrogen) atoms. The van der Waals surface area contributed by atoms with Gasteiger partial charge in [0.1, 0.15) is 0 Å². The number of hydrogen-bond acceptors (Lipinski definition) is 3. The van der Waals surface area contributed by atoms with Crippen LogP contribution in [0.4, 0.5) is 5.69 Å². The maximum Gasteiger partial charge on any atom is 0.357 e. The number of fused-ring (bicyclic) bond motifs is 1. The highest BCUT2D eigenvalue weighted by atomic mass is 32.2. The van der Waals surface area contributed by atoms with E-state index in [1.165, 1.54) is 32.1 Å². The van der Waals surface area contributed by atoms with Crippen LogP contribution in [0.3, 0.4) is 0 Å². The van der Waals surface area contributed by atoms with Crippen LogP contribution < -0.4 is 4.72 Å². The van der Waals surface area contributed by atoms with E-state index < -0.39 is 10.3 Å². The third-order valence-electron chi connectivity index (χ3n) is 3.84. The minimum atomic E-state index is -4.25. The Morgan fingerprint density at radius 3 is 2.70 bits per heavy atom. The fraction of sp³-hybridized carbons (Fsp3) is 0.462. The quantitative estimate of drug-likeness (QED) is 0.759.